The zero-order chi connectivity index (χ0) is 18.1. The van der Waals surface area contributed by atoms with Crippen molar-refractivity contribution in [1.82, 2.24) is 0 Å². The standard InChI is InChI=1S/C21H20O3S/c1-12-9-15(10-13(2)20(12)23)5-8-18(22)21-14(3)17-7-6-16(25-4)11-19(17)24-21/h5-11,23H,1-4H3/b8-5+. The van der Waals surface area contributed by atoms with E-state index in [0.717, 1.165) is 38.1 Å². The number of thioether (sulfide) groups is 1. The molecule has 0 fully saturated rings. The van der Waals surface area contributed by atoms with Crippen LogP contribution in [0.1, 0.15) is 32.8 Å². The van der Waals surface area contributed by atoms with Crippen LogP contribution in [0.15, 0.2) is 45.7 Å². The van der Waals surface area contributed by atoms with E-state index in [2.05, 4.69) is 0 Å². The molecule has 128 valence electrons. The number of furan rings is 1. The zero-order valence-corrected chi connectivity index (χ0v) is 15.5. The van der Waals surface area contributed by atoms with Crippen molar-refractivity contribution in [2.45, 2.75) is 25.7 Å². The van der Waals surface area contributed by atoms with Gasteiger partial charge < -0.3 is 9.52 Å². The van der Waals surface area contributed by atoms with E-state index in [1.54, 1.807) is 17.8 Å². The number of ketones is 1. The Morgan fingerprint density at radius 1 is 1.12 bits per heavy atom. The van der Waals surface area contributed by atoms with Crippen LogP contribution < -0.4 is 0 Å². The number of carbonyl (C=O) groups is 1. The van der Waals surface area contributed by atoms with Crippen molar-refractivity contribution < 1.29 is 14.3 Å². The molecule has 2 aromatic carbocycles. The third-order valence-corrected chi connectivity index (χ3v) is 5.04. The Balaban J connectivity index is 1.93. The average molecular weight is 352 g/mol. The van der Waals surface area contributed by atoms with Crippen LogP contribution in [0, 0.1) is 20.8 Å². The number of aromatic hydroxyl groups is 1. The quantitative estimate of drug-likeness (QED) is 0.373. The highest BCUT2D eigenvalue weighted by atomic mass is 32.2. The summed E-state index contributed by atoms with van der Waals surface area (Å²) in [6, 6.07) is 9.68. The Bertz CT molecular complexity index is 973. The van der Waals surface area contributed by atoms with Gasteiger partial charge in [-0.2, -0.15) is 0 Å². The lowest BCUT2D eigenvalue weighted by Gasteiger charge is -2.04. The number of hydrogen-bond donors (Lipinski definition) is 1. The van der Waals surface area contributed by atoms with Crippen molar-refractivity contribution in [3.63, 3.8) is 0 Å². The zero-order valence-electron chi connectivity index (χ0n) is 14.7. The van der Waals surface area contributed by atoms with Crippen LogP contribution in [0.3, 0.4) is 0 Å². The minimum atomic E-state index is -0.164. The van der Waals surface area contributed by atoms with E-state index in [9.17, 15) is 9.90 Å². The summed E-state index contributed by atoms with van der Waals surface area (Å²) in [7, 11) is 0. The van der Waals surface area contributed by atoms with Crippen LogP contribution in [0.5, 0.6) is 5.75 Å². The van der Waals surface area contributed by atoms with Crippen LogP contribution in [0.2, 0.25) is 0 Å². The van der Waals surface area contributed by atoms with Gasteiger partial charge in [0.2, 0.25) is 5.78 Å². The van der Waals surface area contributed by atoms with Crippen molar-refractivity contribution in [2.75, 3.05) is 6.26 Å². The van der Waals surface area contributed by atoms with Crippen LogP contribution in [-0.2, 0) is 0 Å². The smallest absolute Gasteiger partial charge is 0.221 e. The highest BCUT2D eigenvalue weighted by Gasteiger charge is 2.16. The maximum atomic E-state index is 12.6. The van der Waals surface area contributed by atoms with Crippen molar-refractivity contribution in [1.29, 1.82) is 0 Å². The van der Waals surface area contributed by atoms with Gasteiger partial charge in [-0.1, -0.05) is 6.08 Å². The number of phenolic OH excluding ortho intramolecular Hbond substituents is 1. The molecule has 0 bridgehead atoms. The first-order valence-corrected chi connectivity index (χ1v) is 9.23. The van der Waals surface area contributed by atoms with E-state index in [1.807, 2.05) is 57.4 Å². The lowest BCUT2D eigenvalue weighted by Crippen LogP contribution is -1.94. The summed E-state index contributed by atoms with van der Waals surface area (Å²) in [5, 5.41) is 10.8. The number of aryl methyl sites for hydroxylation is 3. The number of allylic oxidation sites excluding steroid dienone is 1. The topological polar surface area (TPSA) is 50.4 Å². The van der Waals surface area contributed by atoms with Gasteiger partial charge in [-0.25, -0.2) is 0 Å². The molecule has 25 heavy (non-hydrogen) atoms. The second-order valence-corrected chi connectivity index (χ2v) is 7.00. The third-order valence-electron chi connectivity index (χ3n) is 4.31. The molecule has 0 aliphatic carbocycles. The summed E-state index contributed by atoms with van der Waals surface area (Å²) in [6.07, 6.45) is 5.28. The minimum Gasteiger partial charge on any atom is -0.507 e. The average Bonchev–Trinajstić information content (AvgIpc) is 2.93. The van der Waals surface area contributed by atoms with Crippen LogP contribution in [0.4, 0.5) is 0 Å². The van der Waals surface area contributed by atoms with E-state index in [4.69, 9.17) is 4.42 Å². The molecule has 0 radical (unpaired) electrons. The van der Waals surface area contributed by atoms with Crippen LogP contribution in [-0.4, -0.2) is 17.1 Å². The molecule has 0 aliphatic heterocycles. The first-order valence-electron chi connectivity index (χ1n) is 8.00. The van der Waals surface area contributed by atoms with Gasteiger partial charge in [0.05, 0.1) is 0 Å². The van der Waals surface area contributed by atoms with Crippen LogP contribution in [0.25, 0.3) is 17.0 Å². The van der Waals surface area contributed by atoms with Gasteiger partial charge in [-0.3, -0.25) is 4.79 Å². The highest BCUT2D eigenvalue weighted by Crippen LogP contribution is 2.29. The molecule has 0 saturated carbocycles. The van der Waals surface area contributed by atoms with Gasteiger partial charge in [0.25, 0.3) is 0 Å². The molecule has 0 atom stereocenters. The molecule has 3 rings (SSSR count). The Labute approximate surface area is 151 Å². The summed E-state index contributed by atoms with van der Waals surface area (Å²) in [4.78, 5) is 13.7. The van der Waals surface area contributed by atoms with Gasteiger partial charge in [0, 0.05) is 15.8 Å². The first-order chi connectivity index (χ1) is 11.9. The van der Waals surface area contributed by atoms with Gasteiger partial charge >= 0.3 is 0 Å². The lowest BCUT2D eigenvalue weighted by molar-refractivity contribution is 0.102. The molecular weight excluding hydrogens is 332 g/mol. The van der Waals surface area contributed by atoms with E-state index in [-0.39, 0.29) is 5.78 Å². The summed E-state index contributed by atoms with van der Waals surface area (Å²) in [6.45, 7) is 5.59. The van der Waals surface area contributed by atoms with Gasteiger partial charge in [0.1, 0.15) is 11.3 Å². The molecule has 1 heterocycles. The van der Waals surface area contributed by atoms with E-state index >= 15 is 0 Å². The van der Waals surface area contributed by atoms with Gasteiger partial charge in [-0.15, -0.1) is 11.8 Å². The van der Waals surface area contributed by atoms with Crippen molar-refractivity contribution in [3.8, 4) is 5.75 Å². The van der Waals surface area contributed by atoms with Crippen molar-refractivity contribution >= 4 is 34.6 Å². The normalized spacial score (nSPS) is 11.5. The Kier molecular flexibility index (Phi) is 4.73. The van der Waals surface area contributed by atoms with Crippen LogP contribution >= 0.6 is 11.8 Å². The molecule has 3 nitrogen and oxygen atoms in total. The molecule has 0 unspecified atom stereocenters. The molecule has 3 aromatic rings. The summed E-state index contributed by atoms with van der Waals surface area (Å²) < 4.78 is 5.80. The van der Waals surface area contributed by atoms with Gasteiger partial charge in [0.15, 0.2) is 5.76 Å². The number of rotatable bonds is 4. The van der Waals surface area contributed by atoms with E-state index in [1.165, 1.54) is 6.08 Å². The predicted molar refractivity (Wildman–Crippen MR) is 104 cm³/mol. The van der Waals surface area contributed by atoms with Crippen molar-refractivity contribution in [3.05, 3.63) is 64.4 Å². The summed E-state index contributed by atoms with van der Waals surface area (Å²) in [5.74, 6) is 0.501. The Morgan fingerprint density at radius 2 is 1.80 bits per heavy atom. The maximum absolute atomic E-state index is 12.6. The molecule has 4 heteroatoms. The number of phenols is 1. The molecule has 0 aliphatic rings. The van der Waals surface area contributed by atoms with Gasteiger partial charge in [-0.05, 0) is 80.1 Å². The molecule has 0 spiro atoms. The second kappa shape index (κ2) is 6.81. The third kappa shape index (κ3) is 3.35. The Morgan fingerprint density at radius 3 is 2.44 bits per heavy atom. The molecular formula is C21H20O3S. The fourth-order valence-electron chi connectivity index (χ4n) is 2.90. The number of fused-ring (bicyclic) bond motifs is 1. The second-order valence-electron chi connectivity index (χ2n) is 6.12. The molecule has 1 aromatic heterocycles. The fourth-order valence-corrected chi connectivity index (χ4v) is 3.33. The van der Waals surface area contributed by atoms with E-state index < -0.39 is 0 Å². The maximum Gasteiger partial charge on any atom is 0.221 e. The predicted octanol–water partition coefficient (Wildman–Crippen LogP) is 5.68. The number of benzene rings is 2. The van der Waals surface area contributed by atoms with Crippen molar-refractivity contribution in [2.24, 2.45) is 0 Å². The Hall–Kier alpha value is -2.46. The monoisotopic (exact) mass is 352 g/mol. The lowest BCUT2D eigenvalue weighted by atomic mass is 10.0. The minimum absolute atomic E-state index is 0.164. The summed E-state index contributed by atoms with van der Waals surface area (Å²) in [5.41, 5.74) is 4.04. The molecule has 1 N–H and O–H groups in total. The first kappa shape index (κ1) is 17.4. The molecule has 0 amide bonds. The SMILES string of the molecule is CSc1ccc2c(C)c(C(=O)/C=C/c3cc(C)c(O)c(C)c3)oc2c1. The number of hydrogen-bond acceptors (Lipinski definition) is 4. The fraction of sp³-hybridized carbons (Fsp3) is 0.190. The highest BCUT2D eigenvalue weighted by molar-refractivity contribution is 7.98. The summed E-state index contributed by atoms with van der Waals surface area (Å²) >= 11 is 1.64. The van der Waals surface area contributed by atoms with E-state index in [0.29, 0.717) is 11.5 Å². The molecule has 0 saturated heterocycles. The number of carbonyl (C=O) groups excluding carboxylic acids is 1. The largest absolute Gasteiger partial charge is 0.507 e.